The normalized spacial score (nSPS) is 10.7. The number of nitrogens with zero attached hydrogens (tertiary/aromatic N) is 1. The summed E-state index contributed by atoms with van der Waals surface area (Å²) < 4.78 is 25.0. The molecule has 2 amide bonds. The monoisotopic (exact) mass is 517 g/mol. The number of anilines is 1. The Balaban J connectivity index is 1.61. The number of ether oxygens (including phenoxy) is 2. The van der Waals surface area contributed by atoms with Gasteiger partial charge in [0.1, 0.15) is 12.4 Å². The van der Waals surface area contributed by atoms with Crippen LogP contribution in [0.15, 0.2) is 78.4 Å². The van der Waals surface area contributed by atoms with Crippen LogP contribution < -0.4 is 20.2 Å². The number of halogens is 1. The van der Waals surface area contributed by atoms with Crippen molar-refractivity contribution in [1.29, 1.82) is 0 Å². The molecular weight excluding hydrogens is 485 g/mol. The van der Waals surface area contributed by atoms with Gasteiger partial charge in [-0.15, -0.1) is 6.58 Å². The molecule has 0 heterocycles. The summed E-state index contributed by atoms with van der Waals surface area (Å²) in [6.45, 7) is 8.62. The first-order chi connectivity index (χ1) is 18.4. The third-order valence-corrected chi connectivity index (χ3v) is 5.43. The molecule has 0 aromatic heterocycles. The van der Waals surface area contributed by atoms with E-state index in [9.17, 15) is 14.0 Å². The molecule has 0 radical (unpaired) electrons. The van der Waals surface area contributed by atoms with Crippen LogP contribution in [0, 0.1) is 12.7 Å². The first-order valence-electron chi connectivity index (χ1n) is 12.3. The molecule has 0 saturated heterocycles. The SMILES string of the molecule is C=CCc1cc(C=NNC(=O)CCC(=O)Nc2ccc(F)cc2)cc(OCC)c1OCc1ccc(C)cc1. The van der Waals surface area contributed by atoms with E-state index in [1.807, 2.05) is 44.2 Å². The van der Waals surface area contributed by atoms with Gasteiger partial charge in [0.15, 0.2) is 11.5 Å². The lowest BCUT2D eigenvalue weighted by atomic mass is 10.1. The predicted octanol–water partition coefficient (Wildman–Crippen LogP) is 5.71. The van der Waals surface area contributed by atoms with E-state index in [2.05, 4.69) is 22.4 Å². The third kappa shape index (κ3) is 8.89. The van der Waals surface area contributed by atoms with Gasteiger partial charge in [0, 0.05) is 24.1 Å². The van der Waals surface area contributed by atoms with E-state index in [1.165, 1.54) is 36.0 Å². The number of rotatable bonds is 13. The molecule has 38 heavy (non-hydrogen) atoms. The van der Waals surface area contributed by atoms with E-state index in [-0.39, 0.29) is 18.7 Å². The van der Waals surface area contributed by atoms with Crippen LogP contribution in [0.5, 0.6) is 11.5 Å². The van der Waals surface area contributed by atoms with Crippen molar-refractivity contribution in [3.63, 3.8) is 0 Å². The molecule has 0 fully saturated rings. The maximum absolute atomic E-state index is 13.0. The van der Waals surface area contributed by atoms with Crippen molar-refractivity contribution in [2.45, 2.75) is 39.7 Å². The van der Waals surface area contributed by atoms with Gasteiger partial charge in [0.05, 0.1) is 12.8 Å². The zero-order valence-electron chi connectivity index (χ0n) is 21.6. The second-order valence-electron chi connectivity index (χ2n) is 8.56. The molecule has 198 valence electrons. The summed E-state index contributed by atoms with van der Waals surface area (Å²) in [7, 11) is 0. The number of nitrogens with one attached hydrogen (secondary N) is 2. The summed E-state index contributed by atoms with van der Waals surface area (Å²) in [5.41, 5.74) is 6.71. The number of carbonyl (C=O) groups is 2. The summed E-state index contributed by atoms with van der Waals surface area (Å²) in [6, 6.07) is 17.2. The summed E-state index contributed by atoms with van der Waals surface area (Å²) in [5, 5.41) is 6.64. The van der Waals surface area contributed by atoms with Gasteiger partial charge < -0.3 is 14.8 Å². The number of allylic oxidation sites excluding steroid dienone is 1. The summed E-state index contributed by atoms with van der Waals surface area (Å²) in [5.74, 6) is 0.0526. The lowest BCUT2D eigenvalue weighted by molar-refractivity contribution is -0.124. The van der Waals surface area contributed by atoms with Crippen molar-refractivity contribution >= 4 is 23.7 Å². The highest BCUT2D eigenvalue weighted by Gasteiger charge is 2.14. The number of carbonyl (C=O) groups excluding carboxylic acids is 2. The number of hydrogen-bond acceptors (Lipinski definition) is 5. The van der Waals surface area contributed by atoms with Crippen molar-refractivity contribution in [3.8, 4) is 11.5 Å². The van der Waals surface area contributed by atoms with Crippen LogP contribution in [-0.4, -0.2) is 24.6 Å². The van der Waals surface area contributed by atoms with Crippen LogP contribution in [0.3, 0.4) is 0 Å². The van der Waals surface area contributed by atoms with Gasteiger partial charge in [-0.1, -0.05) is 35.9 Å². The molecule has 7 nitrogen and oxygen atoms in total. The van der Waals surface area contributed by atoms with Gasteiger partial charge in [0.2, 0.25) is 11.8 Å². The molecule has 0 spiro atoms. The number of aryl methyl sites for hydroxylation is 1. The fourth-order valence-corrected chi connectivity index (χ4v) is 3.55. The van der Waals surface area contributed by atoms with Crippen LogP contribution in [-0.2, 0) is 22.6 Å². The molecule has 0 aliphatic rings. The lowest BCUT2D eigenvalue weighted by Crippen LogP contribution is -2.20. The number of hydrazone groups is 1. The zero-order valence-corrected chi connectivity index (χ0v) is 21.6. The average molecular weight is 518 g/mol. The largest absolute Gasteiger partial charge is 0.490 e. The lowest BCUT2D eigenvalue weighted by Gasteiger charge is -2.17. The van der Waals surface area contributed by atoms with E-state index in [0.29, 0.717) is 42.4 Å². The summed E-state index contributed by atoms with van der Waals surface area (Å²) in [6.07, 6.45) is 3.76. The van der Waals surface area contributed by atoms with Crippen molar-refractivity contribution in [2.75, 3.05) is 11.9 Å². The molecule has 0 unspecified atom stereocenters. The van der Waals surface area contributed by atoms with E-state index >= 15 is 0 Å². The smallest absolute Gasteiger partial charge is 0.240 e. The van der Waals surface area contributed by atoms with Gasteiger partial charge in [-0.2, -0.15) is 5.10 Å². The van der Waals surface area contributed by atoms with Crippen molar-refractivity contribution in [3.05, 3.63) is 101 Å². The number of amides is 2. The van der Waals surface area contributed by atoms with Gasteiger partial charge in [0.25, 0.3) is 0 Å². The maximum atomic E-state index is 13.0. The molecule has 3 aromatic carbocycles. The molecule has 8 heteroatoms. The first kappa shape index (κ1) is 28.1. The molecule has 3 rings (SSSR count). The quantitative estimate of drug-likeness (QED) is 0.173. The Hall–Kier alpha value is -4.46. The molecule has 0 bridgehead atoms. The van der Waals surface area contributed by atoms with E-state index in [0.717, 1.165) is 11.1 Å². The Morgan fingerprint density at radius 3 is 2.39 bits per heavy atom. The minimum absolute atomic E-state index is 0.0380. The summed E-state index contributed by atoms with van der Waals surface area (Å²) >= 11 is 0. The Labute approximate surface area is 222 Å². The first-order valence-corrected chi connectivity index (χ1v) is 12.3. The van der Waals surface area contributed by atoms with Crippen LogP contribution in [0.2, 0.25) is 0 Å². The highest BCUT2D eigenvalue weighted by Crippen LogP contribution is 2.34. The van der Waals surface area contributed by atoms with E-state index in [1.54, 1.807) is 12.1 Å². The Morgan fingerprint density at radius 2 is 1.71 bits per heavy atom. The number of benzene rings is 3. The Kier molecular flexibility index (Phi) is 10.6. The third-order valence-electron chi connectivity index (χ3n) is 5.43. The summed E-state index contributed by atoms with van der Waals surface area (Å²) in [4.78, 5) is 24.2. The minimum atomic E-state index is -0.412. The standard InChI is InChI=1S/C30H32FN3O4/c1-4-6-24-17-23(18-27(37-5-2)30(24)38-20-22-9-7-21(3)8-10-22)19-32-34-29(36)16-15-28(35)33-26-13-11-25(31)12-14-26/h4,7-14,17-19H,1,5-6,15-16,20H2,2-3H3,(H,33,35)(H,34,36). The van der Waals surface area contributed by atoms with Gasteiger partial charge in [-0.25, -0.2) is 9.82 Å². The Morgan fingerprint density at radius 1 is 1.00 bits per heavy atom. The second-order valence-corrected chi connectivity index (χ2v) is 8.56. The predicted molar refractivity (Wildman–Crippen MR) is 147 cm³/mol. The molecule has 0 aliphatic heterocycles. The second kappa shape index (κ2) is 14.3. The topological polar surface area (TPSA) is 89.0 Å². The Bertz CT molecular complexity index is 1270. The van der Waals surface area contributed by atoms with E-state index in [4.69, 9.17) is 9.47 Å². The van der Waals surface area contributed by atoms with Crippen LogP contribution >= 0.6 is 0 Å². The van der Waals surface area contributed by atoms with Crippen molar-refractivity contribution in [2.24, 2.45) is 5.10 Å². The van der Waals surface area contributed by atoms with Crippen LogP contribution in [0.1, 0.15) is 42.0 Å². The minimum Gasteiger partial charge on any atom is -0.490 e. The van der Waals surface area contributed by atoms with Gasteiger partial charge in [-0.05, 0) is 67.8 Å². The maximum Gasteiger partial charge on any atom is 0.240 e. The van der Waals surface area contributed by atoms with Crippen molar-refractivity contribution in [1.82, 2.24) is 5.43 Å². The highest BCUT2D eigenvalue weighted by molar-refractivity contribution is 5.93. The van der Waals surface area contributed by atoms with Gasteiger partial charge >= 0.3 is 0 Å². The molecule has 0 aliphatic carbocycles. The molecule has 0 saturated carbocycles. The highest BCUT2D eigenvalue weighted by atomic mass is 19.1. The average Bonchev–Trinajstić information content (AvgIpc) is 2.90. The van der Waals surface area contributed by atoms with Crippen molar-refractivity contribution < 1.29 is 23.5 Å². The van der Waals surface area contributed by atoms with Gasteiger partial charge in [-0.3, -0.25) is 9.59 Å². The molecule has 3 aromatic rings. The van der Waals surface area contributed by atoms with Crippen LogP contribution in [0.4, 0.5) is 10.1 Å². The van der Waals surface area contributed by atoms with Crippen LogP contribution in [0.25, 0.3) is 0 Å². The molecule has 2 N–H and O–H groups in total. The molecule has 0 atom stereocenters. The fraction of sp³-hybridized carbons (Fsp3) is 0.233. The fourth-order valence-electron chi connectivity index (χ4n) is 3.55. The van der Waals surface area contributed by atoms with E-state index < -0.39 is 11.7 Å². The number of hydrogen-bond donors (Lipinski definition) is 2. The zero-order chi connectivity index (χ0) is 27.3. The molecular formula is C30H32FN3O4.